The van der Waals surface area contributed by atoms with E-state index in [1.165, 1.54) is 0 Å². The van der Waals surface area contributed by atoms with Gasteiger partial charge >= 0.3 is 0 Å². The first-order valence-electron chi connectivity index (χ1n) is 6.86. The highest BCUT2D eigenvalue weighted by Crippen LogP contribution is 2.16. The van der Waals surface area contributed by atoms with Crippen molar-refractivity contribution in [1.82, 2.24) is 9.78 Å². The molecule has 1 aromatic rings. The second-order valence-corrected chi connectivity index (χ2v) is 7.26. The maximum absolute atomic E-state index is 12.0. The van der Waals surface area contributed by atoms with Crippen LogP contribution in [0.5, 0.6) is 0 Å². The van der Waals surface area contributed by atoms with E-state index in [1.54, 1.807) is 6.07 Å². The van der Waals surface area contributed by atoms with Gasteiger partial charge in [0.2, 0.25) is 0 Å². The molecule has 19 heavy (non-hydrogen) atoms. The molecule has 0 aromatic carbocycles. The van der Waals surface area contributed by atoms with E-state index in [9.17, 15) is 8.42 Å². The number of nitrogens with two attached hydrogens (primary N) is 1. The van der Waals surface area contributed by atoms with Crippen LogP contribution >= 0.6 is 0 Å². The third-order valence-corrected chi connectivity index (χ3v) is 5.10. The summed E-state index contributed by atoms with van der Waals surface area (Å²) in [6.07, 6.45) is 3.86. The minimum absolute atomic E-state index is 0.00445. The zero-order valence-electron chi connectivity index (χ0n) is 12.0. The summed E-state index contributed by atoms with van der Waals surface area (Å²) >= 11 is 0. The van der Waals surface area contributed by atoms with E-state index in [0.29, 0.717) is 18.3 Å². The summed E-state index contributed by atoms with van der Waals surface area (Å²) in [4.78, 5) is 0. The van der Waals surface area contributed by atoms with Crippen LogP contribution in [0.25, 0.3) is 0 Å². The Morgan fingerprint density at radius 3 is 2.53 bits per heavy atom. The van der Waals surface area contributed by atoms with E-state index < -0.39 is 9.84 Å². The van der Waals surface area contributed by atoms with Gasteiger partial charge in [0.05, 0.1) is 23.2 Å². The minimum Gasteiger partial charge on any atom is -0.330 e. The Hall–Kier alpha value is -0.880. The molecular formula is C13H25N3O2S. The summed E-state index contributed by atoms with van der Waals surface area (Å²) in [7, 11) is -3.13. The molecule has 0 spiro atoms. The molecule has 1 heterocycles. The fraction of sp³-hybridized carbons (Fsp3) is 0.769. The van der Waals surface area contributed by atoms with Gasteiger partial charge < -0.3 is 5.73 Å². The van der Waals surface area contributed by atoms with Crippen molar-refractivity contribution in [2.24, 2.45) is 11.7 Å². The first-order valence-corrected chi connectivity index (χ1v) is 8.68. The second-order valence-electron chi connectivity index (χ2n) is 5.15. The summed E-state index contributed by atoms with van der Waals surface area (Å²) in [5.41, 5.74) is 6.09. The SMILES string of the molecule is CCC(CC)n1ccc(CS(=O)(=O)CC(C)CN)n1. The maximum Gasteiger partial charge on any atom is 0.156 e. The number of hydrogen-bond acceptors (Lipinski definition) is 4. The monoisotopic (exact) mass is 287 g/mol. The Balaban J connectivity index is 2.73. The molecule has 1 atom stereocenters. The average Bonchev–Trinajstić information content (AvgIpc) is 2.77. The van der Waals surface area contributed by atoms with Gasteiger partial charge in [-0.1, -0.05) is 20.8 Å². The number of hydrogen-bond donors (Lipinski definition) is 1. The molecule has 0 fully saturated rings. The van der Waals surface area contributed by atoms with Gasteiger partial charge in [0.25, 0.3) is 0 Å². The highest BCUT2D eigenvalue weighted by molar-refractivity contribution is 7.90. The Bertz CT molecular complexity index is 478. The van der Waals surface area contributed by atoms with Crippen LogP contribution in [0.3, 0.4) is 0 Å². The first-order chi connectivity index (χ1) is 8.91. The van der Waals surface area contributed by atoms with Crippen LogP contribution in [0.4, 0.5) is 0 Å². The lowest BCUT2D eigenvalue weighted by molar-refractivity contribution is 0.426. The van der Waals surface area contributed by atoms with E-state index in [4.69, 9.17) is 5.73 Å². The highest BCUT2D eigenvalue weighted by atomic mass is 32.2. The molecule has 2 N–H and O–H groups in total. The van der Waals surface area contributed by atoms with Crippen molar-refractivity contribution in [3.63, 3.8) is 0 Å². The molecule has 0 aliphatic heterocycles. The van der Waals surface area contributed by atoms with Crippen molar-refractivity contribution in [1.29, 1.82) is 0 Å². The van der Waals surface area contributed by atoms with Gasteiger partial charge in [-0.3, -0.25) is 4.68 Å². The molecule has 0 saturated heterocycles. The number of sulfone groups is 1. The van der Waals surface area contributed by atoms with Crippen LogP contribution in [0, 0.1) is 5.92 Å². The molecular weight excluding hydrogens is 262 g/mol. The molecule has 5 nitrogen and oxygen atoms in total. The summed E-state index contributed by atoms with van der Waals surface area (Å²) in [6.45, 7) is 6.45. The van der Waals surface area contributed by atoms with Crippen LogP contribution in [0.15, 0.2) is 12.3 Å². The van der Waals surface area contributed by atoms with Crippen molar-refractivity contribution >= 4 is 9.84 Å². The van der Waals surface area contributed by atoms with Crippen LogP contribution in [0.2, 0.25) is 0 Å². The van der Waals surface area contributed by atoms with Crippen LogP contribution < -0.4 is 5.73 Å². The Morgan fingerprint density at radius 1 is 1.37 bits per heavy atom. The maximum atomic E-state index is 12.0. The lowest BCUT2D eigenvalue weighted by Crippen LogP contribution is -2.22. The third-order valence-electron chi connectivity index (χ3n) is 3.29. The van der Waals surface area contributed by atoms with Gasteiger partial charge in [0, 0.05) is 6.20 Å². The van der Waals surface area contributed by atoms with Gasteiger partial charge in [0.1, 0.15) is 0 Å². The standard InChI is InChI=1S/C13H25N3O2S/c1-4-13(5-2)16-7-6-12(15-16)10-19(17,18)9-11(3)8-14/h6-7,11,13H,4-5,8-10,14H2,1-3H3. The first kappa shape index (κ1) is 16.2. The fourth-order valence-electron chi connectivity index (χ4n) is 2.11. The van der Waals surface area contributed by atoms with E-state index in [1.807, 2.05) is 17.8 Å². The Labute approximate surface area is 116 Å². The zero-order valence-corrected chi connectivity index (χ0v) is 12.9. The second kappa shape index (κ2) is 7.05. The Kier molecular flexibility index (Phi) is 6.00. The van der Waals surface area contributed by atoms with Gasteiger partial charge in [-0.15, -0.1) is 0 Å². The van der Waals surface area contributed by atoms with E-state index in [0.717, 1.165) is 12.8 Å². The van der Waals surface area contributed by atoms with E-state index >= 15 is 0 Å². The molecule has 0 amide bonds. The molecule has 0 bridgehead atoms. The molecule has 1 aromatic heterocycles. The molecule has 0 aliphatic rings. The van der Waals surface area contributed by atoms with E-state index in [-0.39, 0.29) is 17.4 Å². The number of rotatable bonds is 8. The van der Waals surface area contributed by atoms with Crippen molar-refractivity contribution in [2.45, 2.75) is 45.4 Å². The molecule has 1 unspecified atom stereocenters. The smallest absolute Gasteiger partial charge is 0.156 e. The van der Waals surface area contributed by atoms with Gasteiger partial charge in [0.15, 0.2) is 9.84 Å². The van der Waals surface area contributed by atoms with Crippen LogP contribution in [-0.2, 0) is 15.6 Å². The fourth-order valence-corrected chi connectivity index (χ4v) is 3.83. The topological polar surface area (TPSA) is 78.0 Å². The van der Waals surface area contributed by atoms with Gasteiger partial charge in [-0.2, -0.15) is 5.10 Å². The molecule has 110 valence electrons. The molecule has 1 rings (SSSR count). The molecule has 6 heteroatoms. The summed E-state index contributed by atoms with van der Waals surface area (Å²) < 4.78 is 25.8. The number of aromatic nitrogens is 2. The minimum atomic E-state index is -3.13. The van der Waals surface area contributed by atoms with Crippen molar-refractivity contribution in [3.8, 4) is 0 Å². The normalized spacial score (nSPS) is 13.9. The number of nitrogens with zero attached hydrogens (tertiary/aromatic N) is 2. The lowest BCUT2D eigenvalue weighted by Gasteiger charge is -2.12. The molecule has 0 radical (unpaired) electrons. The van der Waals surface area contributed by atoms with Crippen LogP contribution in [-0.4, -0.2) is 30.5 Å². The molecule has 0 saturated carbocycles. The van der Waals surface area contributed by atoms with E-state index in [2.05, 4.69) is 18.9 Å². The predicted octanol–water partition coefficient (Wildman–Crippen LogP) is 1.75. The quantitative estimate of drug-likeness (QED) is 0.790. The summed E-state index contributed by atoms with van der Waals surface area (Å²) in [5, 5.41) is 4.38. The third kappa shape index (κ3) is 4.95. The molecule has 0 aliphatic carbocycles. The average molecular weight is 287 g/mol. The summed E-state index contributed by atoms with van der Waals surface area (Å²) in [6, 6.07) is 2.14. The van der Waals surface area contributed by atoms with Crippen molar-refractivity contribution in [2.75, 3.05) is 12.3 Å². The highest BCUT2D eigenvalue weighted by Gasteiger charge is 2.18. The largest absolute Gasteiger partial charge is 0.330 e. The van der Waals surface area contributed by atoms with Crippen LogP contribution in [0.1, 0.15) is 45.3 Å². The van der Waals surface area contributed by atoms with Crippen molar-refractivity contribution < 1.29 is 8.42 Å². The van der Waals surface area contributed by atoms with Gasteiger partial charge in [-0.05, 0) is 31.4 Å². The lowest BCUT2D eigenvalue weighted by atomic mass is 10.2. The summed E-state index contributed by atoms with van der Waals surface area (Å²) in [5.74, 6) is 0.123. The predicted molar refractivity (Wildman–Crippen MR) is 77.6 cm³/mol. The van der Waals surface area contributed by atoms with Gasteiger partial charge in [-0.25, -0.2) is 8.42 Å². The van der Waals surface area contributed by atoms with Crippen molar-refractivity contribution in [3.05, 3.63) is 18.0 Å². The Morgan fingerprint density at radius 2 is 2.00 bits per heavy atom. The zero-order chi connectivity index (χ0) is 14.5.